The van der Waals surface area contributed by atoms with Crippen LogP contribution in [0.1, 0.15) is 12.0 Å². The molecule has 5 nitrogen and oxygen atoms in total. The molecule has 100 valence electrons. The van der Waals surface area contributed by atoms with Gasteiger partial charge in [0.2, 0.25) is 10.0 Å². The van der Waals surface area contributed by atoms with Gasteiger partial charge in [-0.3, -0.25) is 0 Å². The van der Waals surface area contributed by atoms with Crippen LogP contribution in [0, 0.1) is 5.92 Å². The van der Waals surface area contributed by atoms with Crippen molar-refractivity contribution in [3.8, 4) is 0 Å². The van der Waals surface area contributed by atoms with E-state index in [4.69, 9.17) is 5.14 Å². The van der Waals surface area contributed by atoms with Crippen LogP contribution < -0.4 is 15.8 Å². The molecule has 0 saturated heterocycles. The summed E-state index contributed by atoms with van der Waals surface area (Å²) in [6.45, 7) is 0. The minimum Gasteiger partial charge on any atom is -0.371 e. The molecule has 1 aromatic carbocycles. The third-order valence-electron chi connectivity index (χ3n) is 3.42. The smallest absolute Gasteiger partial charge is 0.238 e. The lowest BCUT2D eigenvalue weighted by Gasteiger charge is -2.23. The lowest BCUT2D eigenvalue weighted by Crippen LogP contribution is -2.41. The van der Waals surface area contributed by atoms with Gasteiger partial charge in [-0.15, -0.1) is 0 Å². The average molecular weight is 277 g/mol. The topological polar surface area (TPSA) is 84.2 Å². The molecule has 2 atom stereocenters. The number of hydrogen-bond acceptors (Lipinski definition) is 4. The van der Waals surface area contributed by atoms with Crippen LogP contribution in [0.15, 0.2) is 47.5 Å². The minimum absolute atomic E-state index is 0.132. The van der Waals surface area contributed by atoms with E-state index in [2.05, 4.69) is 22.8 Å². The zero-order valence-electron chi connectivity index (χ0n) is 10.2. The molecule has 0 saturated carbocycles. The first-order valence-corrected chi connectivity index (χ1v) is 7.61. The quantitative estimate of drug-likeness (QED) is 0.744. The molecule has 0 amide bonds. The predicted octanol–water partition coefficient (Wildman–Crippen LogP) is 0.727. The first-order valence-electron chi connectivity index (χ1n) is 6.07. The van der Waals surface area contributed by atoms with E-state index < -0.39 is 10.0 Å². The summed E-state index contributed by atoms with van der Waals surface area (Å²) in [6, 6.07) is 6.59. The average Bonchev–Trinajstić information content (AvgIpc) is 2.81. The first kappa shape index (κ1) is 12.3. The summed E-state index contributed by atoms with van der Waals surface area (Å²) in [5.41, 5.74) is 1.98. The molecule has 2 aliphatic rings. The van der Waals surface area contributed by atoms with Gasteiger partial charge in [0.1, 0.15) is 6.17 Å². The standard InChI is InChI=1S/C13H15N3O2S/c14-19(17,18)11-5-3-9(4-6-11)12-8-10-2-1-7-15-13(10)16-12/h1,3-8,10,13,15-16H,2H2,(H2,14,17,18). The van der Waals surface area contributed by atoms with Gasteiger partial charge in [0, 0.05) is 11.6 Å². The second kappa shape index (κ2) is 4.40. The Hall–Kier alpha value is -1.79. The van der Waals surface area contributed by atoms with E-state index in [0.29, 0.717) is 5.92 Å². The predicted molar refractivity (Wildman–Crippen MR) is 73.1 cm³/mol. The molecule has 0 aliphatic carbocycles. The summed E-state index contributed by atoms with van der Waals surface area (Å²) >= 11 is 0. The molecular weight excluding hydrogens is 262 g/mol. The summed E-state index contributed by atoms with van der Waals surface area (Å²) in [5.74, 6) is 0.429. The molecule has 0 aromatic heterocycles. The van der Waals surface area contributed by atoms with E-state index in [1.807, 2.05) is 6.20 Å². The normalized spacial score (nSPS) is 25.2. The fourth-order valence-corrected chi connectivity index (χ4v) is 2.92. The van der Waals surface area contributed by atoms with Crippen LogP contribution in [0.3, 0.4) is 0 Å². The van der Waals surface area contributed by atoms with E-state index in [9.17, 15) is 8.42 Å². The van der Waals surface area contributed by atoms with Crippen molar-refractivity contribution in [2.24, 2.45) is 11.1 Å². The first-order chi connectivity index (χ1) is 9.04. The van der Waals surface area contributed by atoms with Gasteiger partial charge in [0.05, 0.1) is 4.90 Å². The molecular formula is C13H15N3O2S. The number of primary sulfonamides is 1. The molecule has 3 rings (SSSR count). The van der Waals surface area contributed by atoms with Gasteiger partial charge in [-0.1, -0.05) is 24.3 Å². The Kier molecular flexibility index (Phi) is 2.83. The highest BCUT2D eigenvalue weighted by Gasteiger charge is 2.27. The van der Waals surface area contributed by atoms with E-state index >= 15 is 0 Å². The maximum Gasteiger partial charge on any atom is 0.238 e. The highest BCUT2D eigenvalue weighted by atomic mass is 32.2. The Morgan fingerprint density at radius 2 is 1.95 bits per heavy atom. The molecule has 4 N–H and O–H groups in total. The van der Waals surface area contributed by atoms with Crippen molar-refractivity contribution >= 4 is 15.7 Å². The summed E-state index contributed by atoms with van der Waals surface area (Å²) < 4.78 is 22.4. The fraction of sp³-hybridized carbons (Fsp3) is 0.231. The molecule has 2 unspecified atom stereocenters. The van der Waals surface area contributed by atoms with Crippen LogP contribution >= 0.6 is 0 Å². The van der Waals surface area contributed by atoms with Crippen LogP contribution in [-0.2, 0) is 10.0 Å². The third-order valence-corrected chi connectivity index (χ3v) is 4.34. The molecule has 1 aromatic rings. The van der Waals surface area contributed by atoms with Gasteiger partial charge in [-0.25, -0.2) is 13.6 Å². The van der Waals surface area contributed by atoms with Gasteiger partial charge in [0.15, 0.2) is 0 Å². The summed E-state index contributed by atoms with van der Waals surface area (Å²) in [5, 5.41) is 11.7. The molecule has 0 spiro atoms. The van der Waals surface area contributed by atoms with Crippen LogP contribution in [0.25, 0.3) is 5.70 Å². The van der Waals surface area contributed by atoms with Crippen LogP contribution in [0.5, 0.6) is 0 Å². The minimum atomic E-state index is -3.63. The van der Waals surface area contributed by atoms with Crippen LogP contribution in [-0.4, -0.2) is 14.6 Å². The molecule has 0 fully saturated rings. The Balaban J connectivity index is 1.85. The van der Waals surface area contributed by atoms with Crippen molar-refractivity contribution in [3.63, 3.8) is 0 Å². The number of hydrogen-bond donors (Lipinski definition) is 3. The van der Waals surface area contributed by atoms with Crippen LogP contribution in [0.2, 0.25) is 0 Å². The third kappa shape index (κ3) is 2.36. The van der Waals surface area contributed by atoms with Crippen molar-refractivity contribution in [1.82, 2.24) is 10.6 Å². The van der Waals surface area contributed by atoms with Gasteiger partial charge in [0.25, 0.3) is 0 Å². The summed E-state index contributed by atoms with van der Waals surface area (Å²) in [4.78, 5) is 0.132. The maximum absolute atomic E-state index is 11.2. The van der Waals surface area contributed by atoms with Gasteiger partial charge < -0.3 is 10.6 Å². The molecule has 19 heavy (non-hydrogen) atoms. The largest absolute Gasteiger partial charge is 0.371 e. The van der Waals surface area contributed by atoms with Gasteiger partial charge in [-0.05, 0) is 30.3 Å². The summed E-state index contributed by atoms with van der Waals surface area (Å²) in [7, 11) is -3.63. The van der Waals surface area contributed by atoms with E-state index in [1.54, 1.807) is 12.1 Å². The second-order valence-electron chi connectivity index (χ2n) is 4.74. The van der Waals surface area contributed by atoms with Crippen LogP contribution in [0.4, 0.5) is 0 Å². The number of nitrogens with one attached hydrogen (secondary N) is 2. The number of allylic oxidation sites excluding steroid dienone is 1. The molecule has 0 bridgehead atoms. The van der Waals surface area contributed by atoms with Crippen molar-refractivity contribution in [2.75, 3.05) is 0 Å². The lowest BCUT2D eigenvalue weighted by atomic mass is 10.0. The molecule has 6 heteroatoms. The van der Waals surface area contributed by atoms with Crippen molar-refractivity contribution < 1.29 is 8.42 Å². The number of fused-ring (bicyclic) bond motifs is 1. The molecule has 2 heterocycles. The zero-order chi connectivity index (χ0) is 13.5. The Bertz CT molecular complexity index is 647. The van der Waals surface area contributed by atoms with Crippen molar-refractivity contribution in [3.05, 3.63) is 48.2 Å². The lowest BCUT2D eigenvalue weighted by molar-refractivity contribution is 0.429. The van der Waals surface area contributed by atoms with Gasteiger partial charge >= 0.3 is 0 Å². The SMILES string of the molecule is NS(=O)(=O)c1ccc(C2=CC3CC=CNC3N2)cc1. The van der Waals surface area contributed by atoms with E-state index in [-0.39, 0.29) is 11.1 Å². The Labute approximate surface area is 112 Å². The van der Waals surface area contributed by atoms with Crippen molar-refractivity contribution in [1.29, 1.82) is 0 Å². The number of nitrogens with two attached hydrogens (primary N) is 1. The highest BCUT2D eigenvalue weighted by molar-refractivity contribution is 7.89. The molecule has 0 radical (unpaired) electrons. The fourth-order valence-electron chi connectivity index (χ4n) is 2.40. The highest BCUT2D eigenvalue weighted by Crippen LogP contribution is 2.27. The van der Waals surface area contributed by atoms with Crippen molar-refractivity contribution in [2.45, 2.75) is 17.5 Å². The Morgan fingerprint density at radius 3 is 2.58 bits per heavy atom. The second-order valence-corrected chi connectivity index (χ2v) is 6.30. The summed E-state index contributed by atoms with van der Waals surface area (Å²) in [6.07, 6.45) is 7.45. The van der Waals surface area contributed by atoms with E-state index in [0.717, 1.165) is 17.7 Å². The van der Waals surface area contributed by atoms with E-state index in [1.165, 1.54) is 12.1 Å². The molecule has 2 aliphatic heterocycles. The maximum atomic E-state index is 11.2. The monoisotopic (exact) mass is 277 g/mol. The van der Waals surface area contributed by atoms with Gasteiger partial charge in [-0.2, -0.15) is 0 Å². The Morgan fingerprint density at radius 1 is 1.21 bits per heavy atom. The zero-order valence-corrected chi connectivity index (χ0v) is 11.0. The number of sulfonamides is 1. The number of benzene rings is 1. The number of rotatable bonds is 2.